The Labute approximate surface area is 112 Å². The number of sulfone groups is 1. The van der Waals surface area contributed by atoms with Gasteiger partial charge in [-0.05, 0) is 37.6 Å². The largest absolute Gasteiger partial charge is 0.345 e. The van der Waals surface area contributed by atoms with E-state index in [0.717, 1.165) is 16.5 Å². The van der Waals surface area contributed by atoms with Crippen LogP contribution in [-0.2, 0) is 15.6 Å². The molecule has 1 heterocycles. The molecule has 0 aliphatic rings. The number of aromatic nitrogens is 1. The first kappa shape index (κ1) is 13.4. The molecule has 0 amide bonds. The van der Waals surface area contributed by atoms with Gasteiger partial charge in [-0.1, -0.05) is 11.6 Å². The number of fused-ring (bicyclic) bond motifs is 1. The molecule has 0 saturated carbocycles. The minimum atomic E-state index is -3.05. The van der Waals surface area contributed by atoms with Gasteiger partial charge in [0, 0.05) is 34.4 Å². The van der Waals surface area contributed by atoms with Gasteiger partial charge in [0.1, 0.15) is 0 Å². The van der Waals surface area contributed by atoms with E-state index >= 15 is 0 Å². The Hall–Kier alpha value is -1.00. The molecule has 0 aliphatic heterocycles. The van der Waals surface area contributed by atoms with Crippen LogP contribution in [-0.4, -0.2) is 19.2 Å². The fraction of sp³-hybridized carbons (Fsp3) is 0.385. The van der Waals surface area contributed by atoms with Crippen molar-refractivity contribution in [3.63, 3.8) is 0 Å². The Morgan fingerprint density at radius 2 is 2.00 bits per heavy atom. The SMILES string of the molecule is CC(C)n1cc(CS(C)(=O)=O)c2cc(Cl)ccc21. The lowest BCUT2D eigenvalue weighted by atomic mass is 10.2. The lowest BCUT2D eigenvalue weighted by Gasteiger charge is -2.08. The zero-order valence-electron chi connectivity index (χ0n) is 10.6. The van der Waals surface area contributed by atoms with Gasteiger partial charge in [-0.15, -0.1) is 0 Å². The number of halogens is 1. The van der Waals surface area contributed by atoms with Crippen molar-refractivity contribution >= 4 is 32.3 Å². The molecule has 0 aliphatic carbocycles. The molecule has 2 rings (SSSR count). The minimum absolute atomic E-state index is 0.0452. The number of nitrogens with zero attached hydrogens (tertiary/aromatic N) is 1. The molecular weight excluding hydrogens is 270 g/mol. The third-order valence-electron chi connectivity index (χ3n) is 2.85. The predicted octanol–water partition coefficient (Wildman–Crippen LogP) is 3.42. The highest BCUT2D eigenvalue weighted by molar-refractivity contribution is 7.89. The van der Waals surface area contributed by atoms with Crippen molar-refractivity contribution in [1.82, 2.24) is 4.57 Å². The summed E-state index contributed by atoms with van der Waals surface area (Å²) in [6.45, 7) is 4.14. The number of hydrogen-bond acceptors (Lipinski definition) is 2. The quantitative estimate of drug-likeness (QED) is 0.867. The van der Waals surface area contributed by atoms with Crippen LogP contribution in [0.5, 0.6) is 0 Å². The molecule has 1 aromatic carbocycles. The lowest BCUT2D eigenvalue weighted by Crippen LogP contribution is -2.01. The molecule has 0 fully saturated rings. The van der Waals surface area contributed by atoms with Crippen molar-refractivity contribution in [3.8, 4) is 0 Å². The van der Waals surface area contributed by atoms with E-state index in [4.69, 9.17) is 11.6 Å². The fourth-order valence-corrected chi connectivity index (χ4v) is 3.09. The molecule has 5 heteroatoms. The number of benzene rings is 1. The van der Waals surface area contributed by atoms with Crippen LogP contribution in [0.25, 0.3) is 10.9 Å². The summed E-state index contributed by atoms with van der Waals surface area (Å²) in [6.07, 6.45) is 3.16. The zero-order valence-corrected chi connectivity index (χ0v) is 12.2. The molecule has 0 saturated heterocycles. The van der Waals surface area contributed by atoms with Crippen LogP contribution in [0.3, 0.4) is 0 Å². The van der Waals surface area contributed by atoms with E-state index in [0.29, 0.717) is 5.02 Å². The molecule has 1 aromatic heterocycles. The summed E-state index contributed by atoms with van der Waals surface area (Å²) < 4.78 is 25.0. The molecule has 0 N–H and O–H groups in total. The van der Waals surface area contributed by atoms with Gasteiger partial charge < -0.3 is 4.57 Å². The summed E-state index contributed by atoms with van der Waals surface area (Å²) in [5.74, 6) is 0.0452. The first-order valence-electron chi connectivity index (χ1n) is 5.74. The van der Waals surface area contributed by atoms with E-state index in [-0.39, 0.29) is 11.8 Å². The van der Waals surface area contributed by atoms with E-state index in [1.165, 1.54) is 6.26 Å². The second kappa shape index (κ2) is 4.59. The summed E-state index contributed by atoms with van der Waals surface area (Å²) in [4.78, 5) is 0. The highest BCUT2D eigenvalue weighted by Gasteiger charge is 2.14. The van der Waals surface area contributed by atoms with Crippen LogP contribution in [0.15, 0.2) is 24.4 Å². The summed E-state index contributed by atoms with van der Waals surface area (Å²) in [5, 5.41) is 1.54. The van der Waals surface area contributed by atoms with E-state index < -0.39 is 9.84 Å². The van der Waals surface area contributed by atoms with Crippen molar-refractivity contribution in [2.45, 2.75) is 25.6 Å². The predicted molar refractivity (Wildman–Crippen MR) is 75.9 cm³/mol. The molecule has 3 nitrogen and oxygen atoms in total. The van der Waals surface area contributed by atoms with Crippen LogP contribution in [0.4, 0.5) is 0 Å². The van der Waals surface area contributed by atoms with Crippen LogP contribution in [0, 0.1) is 0 Å². The third kappa shape index (κ3) is 2.70. The topological polar surface area (TPSA) is 39.1 Å². The Kier molecular flexibility index (Phi) is 3.43. The van der Waals surface area contributed by atoms with Gasteiger partial charge >= 0.3 is 0 Å². The van der Waals surface area contributed by atoms with Gasteiger partial charge in [-0.2, -0.15) is 0 Å². The number of hydrogen-bond donors (Lipinski definition) is 0. The second-order valence-electron chi connectivity index (χ2n) is 4.89. The van der Waals surface area contributed by atoms with E-state index in [9.17, 15) is 8.42 Å². The van der Waals surface area contributed by atoms with Crippen LogP contribution in [0.1, 0.15) is 25.5 Å². The van der Waals surface area contributed by atoms with Crippen LogP contribution >= 0.6 is 11.6 Å². The summed E-state index contributed by atoms with van der Waals surface area (Å²) in [6, 6.07) is 5.87. The third-order valence-corrected chi connectivity index (χ3v) is 3.92. The first-order chi connectivity index (χ1) is 8.28. The standard InChI is InChI=1S/C13H16ClNO2S/c1-9(2)15-7-10(8-18(3,16)17)12-6-11(14)4-5-13(12)15/h4-7,9H,8H2,1-3H3. The maximum Gasteiger partial charge on any atom is 0.151 e. The van der Waals surface area contributed by atoms with Crippen molar-refractivity contribution in [1.29, 1.82) is 0 Å². The number of rotatable bonds is 3. The van der Waals surface area contributed by atoms with Gasteiger partial charge in [0.05, 0.1) is 5.75 Å². The summed E-state index contributed by atoms with van der Waals surface area (Å²) >= 11 is 5.99. The van der Waals surface area contributed by atoms with Crippen molar-refractivity contribution in [2.24, 2.45) is 0 Å². The van der Waals surface area contributed by atoms with Crippen molar-refractivity contribution in [2.75, 3.05) is 6.26 Å². The molecular formula is C13H16ClNO2S. The monoisotopic (exact) mass is 285 g/mol. The van der Waals surface area contributed by atoms with Crippen LogP contribution in [0.2, 0.25) is 5.02 Å². The maximum atomic E-state index is 11.5. The average Bonchev–Trinajstić information content (AvgIpc) is 2.54. The summed E-state index contributed by atoms with van der Waals surface area (Å²) in [5.41, 5.74) is 1.83. The van der Waals surface area contributed by atoms with E-state index in [2.05, 4.69) is 18.4 Å². The molecule has 98 valence electrons. The zero-order chi connectivity index (χ0) is 13.5. The minimum Gasteiger partial charge on any atom is -0.345 e. The van der Waals surface area contributed by atoms with Gasteiger partial charge in [0.15, 0.2) is 9.84 Å². The Morgan fingerprint density at radius 1 is 1.33 bits per heavy atom. The molecule has 2 aromatic rings. The Morgan fingerprint density at radius 3 is 2.56 bits per heavy atom. The van der Waals surface area contributed by atoms with Gasteiger partial charge in [0.25, 0.3) is 0 Å². The highest BCUT2D eigenvalue weighted by atomic mass is 35.5. The van der Waals surface area contributed by atoms with Gasteiger partial charge in [-0.25, -0.2) is 8.42 Å². The molecule has 0 atom stereocenters. The second-order valence-corrected chi connectivity index (χ2v) is 7.46. The maximum absolute atomic E-state index is 11.5. The summed E-state index contributed by atoms with van der Waals surface area (Å²) in [7, 11) is -3.05. The highest BCUT2D eigenvalue weighted by Crippen LogP contribution is 2.28. The molecule has 0 radical (unpaired) electrons. The Balaban J connectivity index is 2.69. The Bertz CT molecular complexity index is 686. The van der Waals surface area contributed by atoms with Gasteiger partial charge in [-0.3, -0.25) is 0 Å². The smallest absolute Gasteiger partial charge is 0.151 e. The fourth-order valence-electron chi connectivity index (χ4n) is 2.12. The van der Waals surface area contributed by atoms with Gasteiger partial charge in [0.2, 0.25) is 0 Å². The van der Waals surface area contributed by atoms with Crippen molar-refractivity contribution < 1.29 is 8.42 Å². The van der Waals surface area contributed by atoms with E-state index in [1.54, 1.807) is 0 Å². The first-order valence-corrected chi connectivity index (χ1v) is 8.18. The lowest BCUT2D eigenvalue weighted by molar-refractivity contribution is 0.600. The molecule has 0 unspecified atom stereocenters. The molecule has 0 bridgehead atoms. The van der Waals surface area contributed by atoms with Crippen LogP contribution < -0.4 is 0 Å². The van der Waals surface area contributed by atoms with Crippen molar-refractivity contribution in [3.05, 3.63) is 35.0 Å². The average molecular weight is 286 g/mol. The van der Waals surface area contributed by atoms with E-state index in [1.807, 2.05) is 24.4 Å². The normalized spacial score (nSPS) is 12.5. The molecule has 18 heavy (non-hydrogen) atoms. The molecule has 0 spiro atoms.